The van der Waals surface area contributed by atoms with Crippen molar-refractivity contribution in [2.75, 3.05) is 0 Å². The molecule has 0 saturated carbocycles. The van der Waals surface area contributed by atoms with E-state index >= 15 is 0 Å². The maximum absolute atomic E-state index is 12.5. The molecule has 3 rings (SSSR count). The topological polar surface area (TPSA) is 80.7 Å². The summed E-state index contributed by atoms with van der Waals surface area (Å²) >= 11 is 11.6. The molecule has 1 amide bonds. The van der Waals surface area contributed by atoms with Gasteiger partial charge in [-0.3, -0.25) is 14.6 Å². The Morgan fingerprint density at radius 2 is 1.52 bits per heavy atom. The van der Waals surface area contributed by atoms with Crippen molar-refractivity contribution in [3.63, 3.8) is 0 Å². The van der Waals surface area contributed by atoms with Gasteiger partial charge < -0.3 is 4.74 Å². The number of nitrogens with one attached hydrogen (secondary N) is 1. The van der Waals surface area contributed by atoms with Crippen LogP contribution in [-0.4, -0.2) is 28.5 Å². The predicted octanol–water partition coefficient (Wildman–Crippen LogP) is 4.93. The molecule has 1 N–H and O–H groups in total. The van der Waals surface area contributed by atoms with Crippen molar-refractivity contribution in [1.82, 2.24) is 10.4 Å². The Morgan fingerprint density at radius 1 is 0.935 bits per heavy atom. The van der Waals surface area contributed by atoms with Crippen molar-refractivity contribution in [3.8, 4) is 5.75 Å². The highest BCUT2D eigenvalue weighted by Gasteiger charge is 2.30. The number of hydrogen-bond acceptors (Lipinski definition) is 5. The van der Waals surface area contributed by atoms with Gasteiger partial charge in [-0.1, -0.05) is 23.2 Å². The highest BCUT2D eigenvalue weighted by molar-refractivity contribution is 6.31. The van der Waals surface area contributed by atoms with E-state index in [1.807, 2.05) is 0 Å². The fourth-order valence-corrected chi connectivity index (χ4v) is 2.78. The largest absolute Gasteiger partial charge is 0.478 e. The zero-order chi connectivity index (χ0) is 22.4. The van der Waals surface area contributed by atoms with Gasteiger partial charge in [-0.15, -0.1) is 0 Å². The van der Waals surface area contributed by atoms with Gasteiger partial charge in [0.15, 0.2) is 11.4 Å². The minimum atomic E-state index is -1.20. The molecule has 0 bridgehead atoms. The van der Waals surface area contributed by atoms with Gasteiger partial charge in [-0.2, -0.15) is 5.10 Å². The van der Waals surface area contributed by atoms with Crippen molar-refractivity contribution >= 4 is 41.1 Å². The molecule has 0 aliphatic heterocycles. The van der Waals surface area contributed by atoms with Crippen molar-refractivity contribution < 1.29 is 14.3 Å². The number of ketones is 1. The lowest BCUT2D eigenvalue weighted by atomic mass is 10.0. The van der Waals surface area contributed by atoms with E-state index in [0.29, 0.717) is 32.6 Å². The first-order valence-electron chi connectivity index (χ1n) is 9.29. The number of carbonyl (C=O) groups is 2. The van der Waals surface area contributed by atoms with Crippen molar-refractivity contribution in [3.05, 3.63) is 93.7 Å². The average Bonchev–Trinajstić information content (AvgIpc) is 2.75. The van der Waals surface area contributed by atoms with E-state index in [9.17, 15) is 9.59 Å². The summed E-state index contributed by atoms with van der Waals surface area (Å²) in [5.41, 5.74) is 2.80. The molecule has 6 nitrogen and oxygen atoms in total. The summed E-state index contributed by atoms with van der Waals surface area (Å²) in [5.74, 6) is -0.138. The van der Waals surface area contributed by atoms with E-state index in [1.165, 1.54) is 12.4 Å². The zero-order valence-electron chi connectivity index (χ0n) is 16.8. The van der Waals surface area contributed by atoms with Gasteiger partial charge in [0, 0.05) is 22.3 Å². The molecule has 8 heteroatoms. The molecular formula is C23H19Cl2N3O3. The Labute approximate surface area is 189 Å². The van der Waals surface area contributed by atoms with E-state index < -0.39 is 11.5 Å². The summed E-state index contributed by atoms with van der Waals surface area (Å²) in [4.78, 5) is 29.0. The second kappa shape index (κ2) is 9.73. The van der Waals surface area contributed by atoms with E-state index in [4.69, 9.17) is 27.9 Å². The lowest BCUT2D eigenvalue weighted by Gasteiger charge is -2.24. The number of amides is 1. The molecule has 0 aliphatic carbocycles. The van der Waals surface area contributed by atoms with Gasteiger partial charge in [0.2, 0.25) is 0 Å². The van der Waals surface area contributed by atoms with Crippen LogP contribution >= 0.6 is 23.2 Å². The van der Waals surface area contributed by atoms with E-state index in [-0.39, 0.29) is 5.78 Å². The number of halogens is 2. The molecule has 0 unspecified atom stereocenters. The van der Waals surface area contributed by atoms with Crippen LogP contribution in [0.5, 0.6) is 5.75 Å². The third-order valence-electron chi connectivity index (χ3n) is 4.26. The maximum Gasteiger partial charge on any atom is 0.283 e. The molecule has 0 radical (unpaired) electrons. The monoisotopic (exact) mass is 455 g/mol. The third-order valence-corrected chi connectivity index (χ3v) is 4.73. The van der Waals surface area contributed by atoms with Crippen molar-refractivity contribution in [2.45, 2.75) is 19.4 Å². The predicted molar refractivity (Wildman–Crippen MR) is 121 cm³/mol. The number of hydrogen-bond donors (Lipinski definition) is 1. The van der Waals surface area contributed by atoms with Crippen LogP contribution in [0.25, 0.3) is 0 Å². The molecule has 0 saturated heterocycles. The third kappa shape index (κ3) is 6.13. The van der Waals surface area contributed by atoms with Gasteiger partial charge in [0.25, 0.3) is 5.91 Å². The summed E-state index contributed by atoms with van der Waals surface area (Å²) in [6, 6.07) is 16.6. The quantitative estimate of drug-likeness (QED) is 0.311. The summed E-state index contributed by atoms with van der Waals surface area (Å²) in [7, 11) is 0. The number of carbonyl (C=O) groups excluding carboxylic acids is 2. The molecule has 31 heavy (non-hydrogen) atoms. The van der Waals surface area contributed by atoms with Crippen LogP contribution in [0, 0.1) is 0 Å². The molecule has 0 aliphatic rings. The highest BCUT2D eigenvalue weighted by atomic mass is 35.5. The van der Waals surface area contributed by atoms with Crippen LogP contribution in [0.4, 0.5) is 0 Å². The lowest BCUT2D eigenvalue weighted by Crippen LogP contribution is -2.44. The number of rotatable bonds is 7. The molecule has 1 heterocycles. The SMILES string of the molecule is CC(C)(Oc1ccc(C(=O)c2ccc(Cl)cc2)cc1)C(=O)N/N=C/c1ccc(Cl)cn1. The van der Waals surface area contributed by atoms with Gasteiger partial charge in [-0.25, -0.2) is 5.43 Å². The first-order chi connectivity index (χ1) is 14.7. The number of benzene rings is 2. The van der Waals surface area contributed by atoms with E-state index in [2.05, 4.69) is 15.5 Å². The smallest absolute Gasteiger partial charge is 0.283 e. The first kappa shape index (κ1) is 22.5. The summed E-state index contributed by atoms with van der Waals surface area (Å²) in [6.07, 6.45) is 2.89. The second-order valence-electron chi connectivity index (χ2n) is 7.07. The Hall–Kier alpha value is -3.22. The van der Waals surface area contributed by atoms with Crippen LogP contribution in [0.2, 0.25) is 10.0 Å². The van der Waals surface area contributed by atoms with Crippen LogP contribution in [0.1, 0.15) is 35.5 Å². The first-order valence-corrected chi connectivity index (χ1v) is 10.0. The number of aromatic nitrogens is 1. The average molecular weight is 456 g/mol. The van der Waals surface area contributed by atoms with Crippen LogP contribution in [0.3, 0.4) is 0 Å². The Morgan fingerprint density at radius 3 is 2.10 bits per heavy atom. The standard InChI is InChI=1S/C23H19Cl2N3O3/c1-23(2,22(30)28-27-14-19-10-9-18(25)13-26-19)31-20-11-5-16(6-12-20)21(29)15-3-7-17(24)8-4-15/h3-14H,1-2H3,(H,28,30)/b27-14+. The normalized spacial score (nSPS) is 11.4. The molecule has 3 aromatic rings. The molecule has 2 aromatic carbocycles. The molecule has 158 valence electrons. The van der Waals surface area contributed by atoms with Crippen LogP contribution in [-0.2, 0) is 4.79 Å². The van der Waals surface area contributed by atoms with E-state index in [1.54, 1.807) is 74.5 Å². The number of pyridine rings is 1. The minimum absolute atomic E-state index is 0.134. The van der Waals surface area contributed by atoms with Gasteiger partial charge in [0.05, 0.1) is 16.9 Å². The van der Waals surface area contributed by atoms with Crippen molar-refractivity contribution in [1.29, 1.82) is 0 Å². The fourth-order valence-electron chi connectivity index (χ4n) is 2.54. The number of hydrazone groups is 1. The fraction of sp³-hybridized carbons (Fsp3) is 0.130. The summed E-state index contributed by atoms with van der Waals surface area (Å²) in [6.45, 7) is 3.23. The zero-order valence-corrected chi connectivity index (χ0v) is 18.3. The van der Waals surface area contributed by atoms with Gasteiger partial charge in [-0.05, 0) is 74.5 Å². The summed E-state index contributed by atoms with van der Waals surface area (Å²) < 4.78 is 5.79. The molecule has 1 aromatic heterocycles. The molecular weight excluding hydrogens is 437 g/mol. The molecule has 0 fully saturated rings. The number of nitrogens with zero attached hydrogens (tertiary/aromatic N) is 2. The Kier molecular flexibility index (Phi) is 7.05. The lowest BCUT2D eigenvalue weighted by molar-refractivity contribution is -0.134. The molecule has 0 spiro atoms. The summed E-state index contributed by atoms with van der Waals surface area (Å²) in [5, 5.41) is 4.97. The second-order valence-corrected chi connectivity index (χ2v) is 7.95. The maximum atomic E-state index is 12.5. The highest BCUT2D eigenvalue weighted by Crippen LogP contribution is 2.21. The van der Waals surface area contributed by atoms with Gasteiger partial charge >= 0.3 is 0 Å². The van der Waals surface area contributed by atoms with Crippen LogP contribution < -0.4 is 10.2 Å². The Balaban J connectivity index is 1.61. The van der Waals surface area contributed by atoms with Gasteiger partial charge in [0.1, 0.15) is 5.75 Å². The van der Waals surface area contributed by atoms with E-state index in [0.717, 1.165) is 0 Å². The van der Waals surface area contributed by atoms with Crippen LogP contribution in [0.15, 0.2) is 72.0 Å². The number of ether oxygens (including phenoxy) is 1. The Bertz CT molecular complexity index is 1090. The molecule has 0 atom stereocenters. The van der Waals surface area contributed by atoms with Crippen molar-refractivity contribution in [2.24, 2.45) is 5.10 Å². The minimum Gasteiger partial charge on any atom is -0.478 e.